The van der Waals surface area contributed by atoms with Crippen molar-refractivity contribution in [2.75, 3.05) is 0 Å². The number of aliphatic hydroxyl groups excluding tert-OH is 1. The highest BCUT2D eigenvalue weighted by atomic mass is 16.6. The average Bonchev–Trinajstić information content (AvgIpc) is 2.17. The molecule has 18 heavy (non-hydrogen) atoms. The molecule has 2 unspecified atom stereocenters. The van der Waals surface area contributed by atoms with Crippen molar-refractivity contribution in [2.24, 2.45) is 5.92 Å². The van der Waals surface area contributed by atoms with Crippen LogP contribution < -0.4 is 0 Å². The first-order valence-corrected chi connectivity index (χ1v) is 7.00. The van der Waals surface area contributed by atoms with Gasteiger partial charge < -0.3 is 9.84 Å². The summed E-state index contributed by atoms with van der Waals surface area (Å²) in [6.45, 7) is 12.4. The summed E-state index contributed by atoms with van der Waals surface area (Å²) < 4.78 is 5.72. The van der Waals surface area contributed by atoms with Gasteiger partial charge in [-0.05, 0) is 53.4 Å². The van der Waals surface area contributed by atoms with Crippen LogP contribution in [0.15, 0.2) is 12.2 Å². The first-order chi connectivity index (χ1) is 8.22. The van der Waals surface area contributed by atoms with Crippen LogP contribution in [0.4, 0.5) is 0 Å². The van der Waals surface area contributed by atoms with Gasteiger partial charge in [-0.25, -0.2) is 4.90 Å². The first-order valence-electron chi connectivity index (χ1n) is 7.00. The van der Waals surface area contributed by atoms with Crippen LogP contribution in [0.25, 0.3) is 0 Å². The maximum absolute atomic E-state index is 10.4. The van der Waals surface area contributed by atoms with E-state index in [1.54, 1.807) is 0 Å². The second-order valence-corrected chi connectivity index (χ2v) is 6.58. The van der Waals surface area contributed by atoms with Crippen molar-refractivity contribution >= 4 is 0 Å². The molecule has 3 heteroatoms. The number of rotatable bonds is 4. The molecule has 1 aliphatic rings. The van der Waals surface area contributed by atoms with Gasteiger partial charge in [0.05, 0.1) is 5.60 Å². The van der Waals surface area contributed by atoms with Gasteiger partial charge in [-0.2, -0.15) is 0 Å². The van der Waals surface area contributed by atoms with Crippen LogP contribution in [-0.4, -0.2) is 34.1 Å². The molecule has 0 saturated carbocycles. The molecule has 0 aromatic rings. The average molecular weight is 255 g/mol. The van der Waals surface area contributed by atoms with E-state index in [4.69, 9.17) is 4.74 Å². The molecule has 0 heterocycles. The number of ether oxygens (including phenoxy) is 1. The molecule has 0 amide bonds. The largest absolute Gasteiger partial charge is 0.356 e. The lowest BCUT2D eigenvalue weighted by Crippen LogP contribution is -2.53. The van der Waals surface area contributed by atoms with Crippen LogP contribution in [-0.2, 0) is 4.74 Å². The van der Waals surface area contributed by atoms with Crippen LogP contribution in [0.1, 0.15) is 54.4 Å². The third-order valence-electron chi connectivity index (χ3n) is 3.40. The Morgan fingerprint density at radius 2 is 1.78 bits per heavy atom. The van der Waals surface area contributed by atoms with Crippen LogP contribution in [0.2, 0.25) is 0 Å². The maximum Gasteiger partial charge on any atom is 0.217 e. The third kappa shape index (κ3) is 4.38. The molecule has 3 atom stereocenters. The molecule has 0 aromatic heterocycles. The molecule has 0 bridgehead atoms. The fourth-order valence-electron chi connectivity index (χ4n) is 2.53. The Kier molecular flexibility index (Phi) is 5.38. The highest BCUT2D eigenvalue weighted by molar-refractivity contribution is 4.97. The lowest BCUT2D eigenvalue weighted by Gasteiger charge is -2.43. The van der Waals surface area contributed by atoms with E-state index in [0.717, 1.165) is 12.8 Å². The fraction of sp³-hybridized carbons (Fsp3) is 0.867. The number of nitrogens with zero attached hydrogens (tertiary/aromatic N) is 1. The number of allylic oxidation sites excluding steroid dienone is 1. The lowest BCUT2D eigenvalue weighted by atomic mass is 9.89. The second kappa shape index (κ2) is 6.18. The van der Waals surface area contributed by atoms with Gasteiger partial charge in [0, 0.05) is 12.1 Å². The molecule has 3 nitrogen and oxygen atoms in total. The summed E-state index contributed by atoms with van der Waals surface area (Å²) >= 11 is 0. The highest BCUT2D eigenvalue weighted by Crippen LogP contribution is 2.28. The summed E-state index contributed by atoms with van der Waals surface area (Å²) in [5, 5.41) is 10.4. The highest BCUT2D eigenvalue weighted by Gasteiger charge is 2.33. The van der Waals surface area contributed by atoms with E-state index in [9.17, 15) is 5.11 Å². The van der Waals surface area contributed by atoms with Crippen molar-refractivity contribution < 1.29 is 9.84 Å². The van der Waals surface area contributed by atoms with Crippen LogP contribution in [0.5, 0.6) is 0 Å². The van der Waals surface area contributed by atoms with Gasteiger partial charge >= 0.3 is 0 Å². The Bertz CT molecular complexity index is 281. The molecular weight excluding hydrogens is 226 g/mol. The molecular formula is C15H29NO2. The quantitative estimate of drug-likeness (QED) is 0.619. The molecule has 0 fully saturated rings. The Hall–Kier alpha value is -0.380. The van der Waals surface area contributed by atoms with Crippen molar-refractivity contribution in [3.63, 3.8) is 0 Å². The van der Waals surface area contributed by atoms with E-state index in [2.05, 4.69) is 37.8 Å². The SMILES string of the molecule is CC1CC=CC[C@H]1N(C(C)C)C(O)OC(C)(C)C. The zero-order valence-electron chi connectivity index (χ0n) is 12.7. The van der Waals surface area contributed by atoms with Gasteiger partial charge in [-0.1, -0.05) is 19.1 Å². The topological polar surface area (TPSA) is 32.7 Å². The Morgan fingerprint density at radius 3 is 2.22 bits per heavy atom. The van der Waals surface area contributed by atoms with Crippen molar-refractivity contribution in [1.29, 1.82) is 0 Å². The fourth-order valence-corrected chi connectivity index (χ4v) is 2.53. The minimum absolute atomic E-state index is 0.265. The zero-order chi connectivity index (χ0) is 13.9. The van der Waals surface area contributed by atoms with Gasteiger partial charge in [0.1, 0.15) is 0 Å². The number of aliphatic hydroxyl groups is 1. The van der Waals surface area contributed by atoms with Gasteiger partial charge in [0.2, 0.25) is 6.41 Å². The number of hydrogen-bond acceptors (Lipinski definition) is 3. The standard InChI is InChI=1S/C15H29NO2/c1-11(2)16(14(17)18-15(4,5)6)13-10-8-7-9-12(13)3/h7-8,11-14,17H,9-10H2,1-6H3/t12?,13-,14?/m1/s1. The number of hydrogen-bond donors (Lipinski definition) is 1. The van der Waals surface area contributed by atoms with Gasteiger partial charge in [0.15, 0.2) is 0 Å². The van der Waals surface area contributed by atoms with Crippen molar-refractivity contribution in [2.45, 2.75) is 78.5 Å². The monoisotopic (exact) mass is 255 g/mol. The van der Waals surface area contributed by atoms with E-state index in [0.29, 0.717) is 12.0 Å². The molecule has 0 aliphatic heterocycles. The van der Waals surface area contributed by atoms with Crippen molar-refractivity contribution in [1.82, 2.24) is 4.90 Å². The molecule has 1 N–H and O–H groups in total. The molecule has 1 aliphatic carbocycles. The van der Waals surface area contributed by atoms with E-state index < -0.39 is 6.41 Å². The van der Waals surface area contributed by atoms with E-state index in [1.165, 1.54) is 0 Å². The molecule has 0 aromatic carbocycles. The van der Waals surface area contributed by atoms with Crippen molar-refractivity contribution in [3.8, 4) is 0 Å². The molecule has 106 valence electrons. The maximum atomic E-state index is 10.4. The van der Waals surface area contributed by atoms with E-state index >= 15 is 0 Å². The van der Waals surface area contributed by atoms with Crippen LogP contribution >= 0.6 is 0 Å². The normalized spacial score (nSPS) is 26.9. The summed E-state index contributed by atoms with van der Waals surface area (Å²) in [6.07, 6.45) is 5.68. The van der Waals surface area contributed by atoms with Crippen molar-refractivity contribution in [3.05, 3.63) is 12.2 Å². The predicted molar refractivity (Wildman–Crippen MR) is 75.1 cm³/mol. The van der Waals surface area contributed by atoms with Gasteiger partial charge in [-0.15, -0.1) is 0 Å². The summed E-state index contributed by atoms with van der Waals surface area (Å²) in [5.41, 5.74) is -0.333. The third-order valence-corrected chi connectivity index (χ3v) is 3.40. The molecule has 0 saturated heterocycles. The molecule has 0 radical (unpaired) electrons. The molecule has 1 rings (SSSR count). The summed E-state index contributed by atoms with van der Waals surface area (Å²) in [4.78, 5) is 2.10. The predicted octanol–water partition coefficient (Wildman–Crippen LogP) is 3.14. The Morgan fingerprint density at radius 1 is 1.22 bits per heavy atom. The zero-order valence-corrected chi connectivity index (χ0v) is 12.7. The Balaban J connectivity index is 2.78. The second-order valence-electron chi connectivity index (χ2n) is 6.58. The minimum Gasteiger partial charge on any atom is -0.356 e. The van der Waals surface area contributed by atoms with Gasteiger partial charge in [-0.3, -0.25) is 0 Å². The summed E-state index contributed by atoms with van der Waals surface area (Å²) in [6, 6.07) is 0.619. The van der Waals surface area contributed by atoms with E-state index in [1.807, 2.05) is 20.8 Å². The van der Waals surface area contributed by atoms with E-state index in [-0.39, 0.29) is 11.6 Å². The van der Waals surface area contributed by atoms with Crippen LogP contribution in [0, 0.1) is 5.92 Å². The minimum atomic E-state index is -0.830. The van der Waals surface area contributed by atoms with Gasteiger partial charge in [0.25, 0.3) is 0 Å². The molecule has 0 spiro atoms. The summed E-state index contributed by atoms with van der Waals surface area (Å²) in [7, 11) is 0. The smallest absolute Gasteiger partial charge is 0.217 e. The summed E-state index contributed by atoms with van der Waals surface area (Å²) in [5.74, 6) is 0.551. The Labute approximate surface area is 112 Å². The van der Waals surface area contributed by atoms with Crippen LogP contribution in [0.3, 0.4) is 0 Å². The lowest BCUT2D eigenvalue weighted by molar-refractivity contribution is -0.259. The first kappa shape index (κ1) is 15.7.